The summed E-state index contributed by atoms with van der Waals surface area (Å²) in [5.41, 5.74) is 5.37. The molecule has 0 aromatic carbocycles. The maximum atomic E-state index is 5.37. The van der Waals surface area contributed by atoms with Gasteiger partial charge in [0.15, 0.2) is 4.34 Å². The van der Waals surface area contributed by atoms with E-state index in [4.69, 9.17) is 5.73 Å². The Balaban J connectivity index is 2.61. The number of anilines is 1. The molecule has 2 nitrogen and oxygen atoms in total. The minimum atomic E-state index is 0.607. The SMILES string of the molecule is [CH2]CSc1nc(N)cs1. The summed E-state index contributed by atoms with van der Waals surface area (Å²) < 4.78 is 1.00. The van der Waals surface area contributed by atoms with Crippen LogP contribution < -0.4 is 5.73 Å². The van der Waals surface area contributed by atoms with E-state index in [1.807, 2.05) is 5.38 Å². The number of thioether (sulfide) groups is 1. The molecule has 0 unspecified atom stereocenters. The summed E-state index contributed by atoms with van der Waals surface area (Å²) >= 11 is 3.17. The zero-order chi connectivity index (χ0) is 6.69. The number of nitrogens with zero attached hydrogens (tertiary/aromatic N) is 1. The minimum Gasteiger partial charge on any atom is -0.383 e. The van der Waals surface area contributed by atoms with Gasteiger partial charge in [0, 0.05) is 11.1 Å². The fraction of sp³-hybridized carbons (Fsp3) is 0.200. The van der Waals surface area contributed by atoms with Gasteiger partial charge < -0.3 is 5.73 Å². The van der Waals surface area contributed by atoms with Crippen molar-refractivity contribution in [2.75, 3.05) is 11.5 Å². The van der Waals surface area contributed by atoms with Crippen LogP contribution in [0, 0.1) is 6.92 Å². The monoisotopic (exact) mass is 159 g/mol. The van der Waals surface area contributed by atoms with E-state index in [2.05, 4.69) is 11.9 Å². The number of nitrogens with two attached hydrogens (primary N) is 1. The van der Waals surface area contributed by atoms with Gasteiger partial charge in [0.2, 0.25) is 0 Å². The topological polar surface area (TPSA) is 38.9 Å². The summed E-state index contributed by atoms with van der Waals surface area (Å²) in [5.74, 6) is 1.42. The van der Waals surface area contributed by atoms with E-state index >= 15 is 0 Å². The molecule has 0 atom stereocenters. The van der Waals surface area contributed by atoms with Crippen molar-refractivity contribution in [2.24, 2.45) is 0 Å². The molecule has 0 bridgehead atoms. The van der Waals surface area contributed by atoms with Crippen LogP contribution in [0.25, 0.3) is 0 Å². The highest BCUT2D eigenvalue weighted by molar-refractivity contribution is 8.01. The molecule has 1 radical (unpaired) electrons. The zero-order valence-corrected chi connectivity index (χ0v) is 6.47. The molecule has 1 aromatic heterocycles. The summed E-state index contributed by atoms with van der Waals surface area (Å²) in [5, 5.41) is 1.83. The molecule has 1 aromatic rings. The molecule has 4 heteroatoms. The van der Waals surface area contributed by atoms with E-state index in [9.17, 15) is 0 Å². The first-order chi connectivity index (χ1) is 4.33. The Hall–Kier alpha value is -0.220. The van der Waals surface area contributed by atoms with Crippen molar-refractivity contribution in [1.82, 2.24) is 4.98 Å². The van der Waals surface area contributed by atoms with Crippen LogP contribution in [0.2, 0.25) is 0 Å². The lowest BCUT2D eigenvalue weighted by molar-refractivity contribution is 1.26. The lowest BCUT2D eigenvalue weighted by Crippen LogP contribution is -1.81. The van der Waals surface area contributed by atoms with E-state index < -0.39 is 0 Å². The van der Waals surface area contributed by atoms with Gasteiger partial charge in [-0.15, -0.1) is 11.3 Å². The van der Waals surface area contributed by atoms with Gasteiger partial charge in [-0.25, -0.2) is 4.98 Å². The Bertz CT molecular complexity index is 185. The van der Waals surface area contributed by atoms with E-state index in [1.165, 1.54) is 0 Å². The lowest BCUT2D eigenvalue weighted by atomic mass is 10.9. The smallest absolute Gasteiger partial charge is 0.152 e. The molecule has 0 fully saturated rings. The number of thiazole rings is 1. The molecule has 0 spiro atoms. The first-order valence-electron chi connectivity index (χ1n) is 2.46. The van der Waals surface area contributed by atoms with Crippen molar-refractivity contribution in [1.29, 1.82) is 0 Å². The van der Waals surface area contributed by atoms with Crippen LogP contribution in [0.15, 0.2) is 9.72 Å². The molecule has 0 amide bonds. The Morgan fingerprint density at radius 3 is 3.11 bits per heavy atom. The van der Waals surface area contributed by atoms with Gasteiger partial charge in [-0.1, -0.05) is 11.8 Å². The molecule has 9 heavy (non-hydrogen) atoms. The average Bonchev–Trinajstić information content (AvgIpc) is 2.17. The lowest BCUT2D eigenvalue weighted by Gasteiger charge is -1.85. The quantitative estimate of drug-likeness (QED) is 0.667. The third-order valence-electron chi connectivity index (χ3n) is 0.726. The number of rotatable bonds is 2. The molecule has 0 aliphatic rings. The normalized spacial score (nSPS) is 9.89. The van der Waals surface area contributed by atoms with Crippen molar-refractivity contribution < 1.29 is 0 Å². The maximum Gasteiger partial charge on any atom is 0.152 e. The fourth-order valence-electron chi connectivity index (χ4n) is 0.423. The number of hydrogen-bond acceptors (Lipinski definition) is 4. The van der Waals surface area contributed by atoms with E-state index in [0.717, 1.165) is 10.1 Å². The highest BCUT2D eigenvalue weighted by Crippen LogP contribution is 2.22. The highest BCUT2D eigenvalue weighted by atomic mass is 32.2. The summed E-state index contributed by atoms with van der Waals surface area (Å²) in [6.45, 7) is 3.68. The van der Waals surface area contributed by atoms with Crippen LogP contribution in [-0.2, 0) is 0 Å². The van der Waals surface area contributed by atoms with Crippen molar-refractivity contribution in [3.8, 4) is 0 Å². The molecular weight excluding hydrogens is 152 g/mol. The van der Waals surface area contributed by atoms with Crippen LogP contribution in [-0.4, -0.2) is 10.7 Å². The van der Waals surface area contributed by atoms with Gasteiger partial charge in [0.05, 0.1) is 0 Å². The molecule has 49 valence electrons. The predicted octanol–water partition coefficient (Wildman–Crippen LogP) is 1.65. The van der Waals surface area contributed by atoms with Gasteiger partial charge >= 0.3 is 0 Å². The maximum absolute atomic E-state index is 5.37. The average molecular weight is 159 g/mol. The Kier molecular flexibility index (Phi) is 2.36. The molecule has 2 N–H and O–H groups in total. The Morgan fingerprint density at radius 1 is 1.89 bits per heavy atom. The second kappa shape index (κ2) is 3.08. The Morgan fingerprint density at radius 2 is 2.67 bits per heavy atom. The van der Waals surface area contributed by atoms with Crippen molar-refractivity contribution in [3.63, 3.8) is 0 Å². The molecule has 0 aliphatic heterocycles. The van der Waals surface area contributed by atoms with Gasteiger partial charge in [0.25, 0.3) is 0 Å². The van der Waals surface area contributed by atoms with Gasteiger partial charge in [-0.2, -0.15) is 0 Å². The number of nitrogen functional groups attached to an aromatic ring is 1. The summed E-state index contributed by atoms with van der Waals surface area (Å²) in [6, 6.07) is 0. The standard InChI is InChI=1S/C5H7N2S2/c1-2-8-5-7-4(6)3-9-5/h3H,1-2,6H2. The summed E-state index contributed by atoms with van der Waals surface area (Å²) in [4.78, 5) is 4.02. The van der Waals surface area contributed by atoms with Crippen molar-refractivity contribution >= 4 is 28.9 Å². The molecular formula is C5H7N2S2. The van der Waals surface area contributed by atoms with E-state index in [1.54, 1.807) is 23.1 Å². The van der Waals surface area contributed by atoms with Crippen LogP contribution >= 0.6 is 23.1 Å². The largest absolute Gasteiger partial charge is 0.383 e. The van der Waals surface area contributed by atoms with Crippen molar-refractivity contribution in [2.45, 2.75) is 4.34 Å². The molecule has 0 saturated carbocycles. The summed E-state index contributed by atoms with van der Waals surface area (Å²) in [6.07, 6.45) is 0. The van der Waals surface area contributed by atoms with Gasteiger partial charge in [-0.3, -0.25) is 0 Å². The third kappa shape index (κ3) is 1.87. The third-order valence-corrected chi connectivity index (χ3v) is 2.56. The number of aromatic nitrogens is 1. The van der Waals surface area contributed by atoms with Crippen molar-refractivity contribution in [3.05, 3.63) is 12.3 Å². The molecule has 0 saturated heterocycles. The fourth-order valence-corrected chi connectivity index (χ4v) is 1.87. The van der Waals surface area contributed by atoms with E-state index in [-0.39, 0.29) is 0 Å². The van der Waals surface area contributed by atoms with Gasteiger partial charge in [0.1, 0.15) is 5.82 Å². The zero-order valence-electron chi connectivity index (χ0n) is 4.83. The molecule has 1 rings (SSSR count). The Labute approximate surface area is 62.5 Å². The molecule has 0 aliphatic carbocycles. The first-order valence-corrected chi connectivity index (χ1v) is 4.32. The highest BCUT2D eigenvalue weighted by Gasteiger charge is 1.95. The van der Waals surface area contributed by atoms with Gasteiger partial charge in [-0.05, 0) is 6.92 Å². The van der Waals surface area contributed by atoms with Crippen LogP contribution in [0.1, 0.15) is 0 Å². The second-order valence-electron chi connectivity index (χ2n) is 1.39. The van der Waals surface area contributed by atoms with E-state index in [0.29, 0.717) is 5.82 Å². The number of hydrogen-bond donors (Lipinski definition) is 1. The molecule has 1 heterocycles. The first kappa shape index (κ1) is 6.89. The predicted molar refractivity (Wildman–Crippen MR) is 42.6 cm³/mol. The van der Waals surface area contributed by atoms with Crippen LogP contribution in [0.3, 0.4) is 0 Å². The second-order valence-corrected chi connectivity index (χ2v) is 3.59. The summed E-state index contributed by atoms with van der Waals surface area (Å²) in [7, 11) is 0. The minimum absolute atomic E-state index is 0.607. The van der Waals surface area contributed by atoms with Crippen LogP contribution in [0.5, 0.6) is 0 Å². The van der Waals surface area contributed by atoms with Crippen LogP contribution in [0.4, 0.5) is 5.82 Å².